The first kappa shape index (κ1) is 11.5. The Bertz CT molecular complexity index is 377. The zero-order valence-corrected chi connectivity index (χ0v) is 10.7. The largest absolute Gasteiger partial charge is 0.385 e. The van der Waals surface area contributed by atoms with Gasteiger partial charge in [0.1, 0.15) is 0 Å². The summed E-state index contributed by atoms with van der Waals surface area (Å²) in [6.07, 6.45) is 1.16. The van der Waals surface area contributed by atoms with Gasteiger partial charge in [-0.3, -0.25) is 0 Å². The summed E-state index contributed by atoms with van der Waals surface area (Å²) in [5, 5.41) is 7.19. The van der Waals surface area contributed by atoms with E-state index in [1.54, 1.807) is 0 Å². The van der Waals surface area contributed by atoms with Crippen LogP contribution in [-0.4, -0.2) is 12.1 Å². The molecule has 0 aromatic heterocycles. The van der Waals surface area contributed by atoms with Crippen LogP contribution < -0.4 is 10.6 Å². The summed E-state index contributed by atoms with van der Waals surface area (Å²) in [4.78, 5) is 0. The van der Waals surface area contributed by atoms with Crippen LogP contribution in [0.1, 0.15) is 44.4 Å². The number of rotatable bonds is 1. The monoisotopic (exact) mass is 218 g/mol. The number of anilines is 1. The Kier molecular flexibility index (Phi) is 2.94. The van der Waals surface area contributed by atoms with E-state index in [9.17, 15) is 0 Å². The van der Waals surface area contributed by atoms with Gasteiger partial charge in [-0.2, -0.15) is 0 Å². The first-order valence-corrected chi connectivity index (χ1v) is 6.08. The van der Waals surface area contributed by atoms with Crippen molar-refractivity contribution in [1.29, 1.82) is 0 Å². The minimum Gasteiger partial charge on any atom is -0.385 e. The van der Waals surface area contributed by atoms with Gasteiger partial charge in [-0.1, -0.05) is 12.1 Å². The molecule has 2 nitrogen and oxygen atoms in total. The summed E-state index contributed by atoms with van der Waals surface area (Å²) in [6.45, 7) is 9.94. The van der Waals surface area contributed by atoms with Gasteiger partial charge in [0.05, 0.1) is 0 Å². The molecule has 1 atom stereocenters. The molecule has 88 valence electrons. The van der Waals surface area contributed by atoms with Crippen molar-refractivity contribution in [2.45, 2.75) is 45.7 Å². The molecule has 1 unspecified atom stereocenters. The minimum atomic E-state index is 0.168. The van der Waals surface area contributed by atoms with Crippen LogP contribution in [0.3, 0.4) is 0 Å². The molecule has 0 saturated heterocycles. The highest BCUT2D eigenvalue weighted by Crippen LogP contribution is 2.33. The van der Waals surface area contributed by atoms with Gasteiger partial charge < -0.3 is 10.6 Å². The van der Waals surface area contributed by atoms with E-state index in [4.69, 9.17) is 0 Å². The Morgan fingerprint density at radius 2 is 2.06 bits per heavy atom. The number of fused-ring (bicyclic) bond motifs is 1. The Morgan fingerprint density at radius 3 is 2.75 bits per heavy atom. The first-order valence-electron chi connectivity index (χ1n) is 6.08. The molecule has 2 rings (SSSR count). The molecule has 0 aliphatic carbocycles. The maximum atomic E-state index is 3.72. The molecule has 1 heterocycles. The van der Waals surface area contributed by atoms with Crippen LogP contribution in [0.4, 0.5) is 5.69 Å². The van der Waals surface area contributed by atoms with Crippen LogP contribution in [0.25, 0.3) is 0 Å². The molecule has 16 heavy (non-hydrogen) atoms. The van der Waals surface area contributed by atoms with Crippen molar-refractivity contribution in [3.63, 3.8) is 0 Å². The molecular formula is C14H22N2. The average molecular weight is 218 g/mol. The number of aryl methyl sites for hydroxylation is 1. The van der Waals surface area contributed by atoms with Crippen molar-refractivity contribution in [1.82, 2.24) is 5.32 Å². The first-order chi connectivity index (χ1) is 7.47. The lowest BCUT2D eigenvalue weighted by molar-refractivity contribution is 0.350. The topological polar surface area (TPSA) is 24.1 Å². The van der Waals surface area contributed by atoms with Gasteiger partial charge in [-0.15, -0.1) is 0 Å². The third-order valence-corrected chi connectivity index (χ3v) is 3.03. The van der Waals surface area contributed by atoms with Crippen molar-refractivity contribution in [3.05, 3.63) is 29.3 Å². The Morgan fingerprint density at radius 1 is 1.31 bits per heavy atom. The summed E-state index contributed by atoms with van der Waals surface area (Å²) in [5.74, 6) is 0. The maximum Gasteiger partial charge on any atom is 0.0391 e. The van der Waals surface area contributed by atoms with Gasteiger partial charge in [-0.25, -0.2) is 0 Å². The molecule has 0 radical (unpaired) electrons. The smallest absolute Gasteiger partial charge is 0.0391 e. The number of hydrogen-bond acceptors (Lipinski definition) is 2. The summed E-state index contributed by atoms with van der Waals surface area (Å²) in [5.41, 5.74) is 4.30. The maximum absolute atomic E-state index is 3.72. The highest BCUT2D eigenvalue weighted by molar-refractivity contribution is 5.57. The van der Waals surface area contributed by atoms with Crippen LogP contribution in [0.5, 0.6) is 0 Å². The summed E-state index contributed by atoms with van der Waals surface area (Å²) in [7, 11) is 0. The Balaban J connectivity index is 2.32. The van der Waals surface area contributed by atoms with Crippen molar-refractivity contribution < 1.29 is 0 Å². The van der Waals surface area contributed by atoms with E-state index in [2.05, 4.69) is 56.5 Å². The average Bonchev–Trinajstić information content (AvgIpc) is 2.15. The quantitative estimate of drug-likeness (QED) is 0.756. The van der Waals surface area contributed by atoms with Gasteiger partial charge in [0.15, 0.2) is 0 Å². The molecule has 0 fully saturated rings. The number of nitrogens with one attached hydrogen (secondary N) is 2. The lowest BCUT2D eigenvalue weighted by Crippen LogP contribution is -2.41. The van der Waals surface area contributed by atoms with Crippen LogP contribution in [-0.2, 0) is 0 Å². The van der Waals surface area contributed by atoms with Gasteiger partial charge >= 0.3 is 0 Å². The predicted molar refractivity (Wildman–Crippen MR) is 69.9 cm³/mol. The number of hydrogen-bond donors (Lipinski definition) is 2. The standard InChI is InChI=1S/C14H22N2/c1-10-6-5-7-11-13(10)12(8-9-15-11)16-14(2,3)4/h5-7,12,15-16H,8-9H2,1-4H3. The fourth-order valence-electron chi connectivity index (χ4n) is 2.46. The second-order valence-electron chi connectivity index (χ2n) is 5.70. The third-order valence-electron chi connectivity index (χ3n) is 3.03. The fraction of sp³-hybridized carbons (Fsp3) is 0.571. The highest BCUT2D eigenvalue weighted by atomic mass is 15.0. The molecule has 0 spiro atoms. The number of benzene rings is 1. The van der Waals surface area contributed by atoms with Crippen molar-refractivity contribution in [3.8, 4) is 0 Å². The zero-order valence-electron chi connectivity index (χ0n) is 10.7. The van der Waals surface area contributed by atoms with Crippen LogP contribution in [0, 0.1) is 6.92 Å². The zero-order chi connectivity index (χ0) is 11.8. The van der Waals surface area contributed by atoms with Gasteiger partial charge in [-0.05, 0) is 51.3 Å². The van der Waals surface area contributed by atoms with E-state index in [0.717, 1.165) is 13.0 Å². The molecular weight excluding hydrogens is 196 g/mol. The van der Waals surface area contributed by atoms with Crippen LogP contribution in [0.15, 0.2) is 18.2 Å². The third kappa shape index (κ3) is 2.38. The van der Waals surface area contributed by atoms with E-state index in [-0.39, 0.29) is 5.54 Å². The minimum absolute atomic E-state index is 0.168. The summed E-state index contributed by atoms with van der Waals surface area (Å²) >= 11 is 0. The molecule has 1 aromatic carbocycles. The van der Waals surface area contributed by atoms with Crippen LogP contribution in [0.2, 0.25) is 0 Å². The molecule has 1 aromatic rings. The lowest BCUT2D eigenvalue weighted by atomic mass is 9.91. The molecule has 0 saturated carbocycles. The lowest BCUT2D eigenvalue weighted by Gasteiger charge is -2.34. The fourth-order valence-corrected chi connectivity index (χ4v) is 2.46. The van der Waals surface area contributed by atoms with E-state index in [1.807, 2.05) is 0 Å². The second kappa shape index (κ2) is 4.10. The molecule has 0 bridgehead atoms. The molecule has 0 amide bonds. The van der Waals surface area contributed by atoms with Crippen molar-refractivity contribution >= 4 is 5.69 Å². The molecule has 1 aliphatic heterocycles. The Hall–Kier alpha value is -1.02. The van der Waals surface area contributed by atoms with Gasteiger partial charge in [0.2, 0.25) is 0 Å². The van der Waals surface area contributed by atoms with E-state index in [0.29, 0.717) is 6.04 Å². The van der Waals surface area contributed by atoms with Gasteiger partial charge in [0, 0.05) is 23.8 Å². The SMILES string of the molecule is Cc1cccc2c1C(NC(C)(C)C)CCN2. The molecule has 2 heteroatoms. The summed E-state index contributed by atoms with van der Waals surface area (Å²) in [6, 6.07) is 6.99. The summed E-state index contributed by atoms with van der Waals surface area (Å²) < 4.78 is 0. The Labute approximate surface area is 98.4 Å². The van der Waals surface area contributed by atoms with E-state index in [1.165, 1.54) is 16.8 Å². The second-order valence-corrected chi connectivity index (χ2v) is 5.70. The normalized spacial score (nSPS) is 20.1. The van der Waals surface area contributed by atoms with Gasteiger partial charge in [0.25, 0.3) is 0 Å². The van der Waals surface area contributed by atoms with E-state index >= 15 is 0 Å². The molecule has 2 N–H and O–H groups in total. The van der Waals surface area contributed by atoms with Crippen LogP contribution >= 0.6 is 0 Å². The predicted octanol–water partition coefficient (Wildman–Crippen LogP) is 3.24. The van der Waals surface area contributed by atoms with Crippen molar-refractivity contribution in [2.75, 3.05) is 11.9 Å². The van der Waals surface area contributed by atoms with E-state index < -0.39 is 0 Å². The van der Waals surface area contributed by atoms with Crippen molar-refractivity contribution in [2.24, 2.45) is 0 Å². The molecule has 1 aliphatic rings. The highest BCUT2D eigenvalue weighted by Gasteiger charge is 2.24.